The lowest BCUT2D eigenvalue weighted by atomic mass is 10.1. The van der Waals surface area contributed by atoms with Crippen molar-refractivity contribution >= 4 is 11.7 Å². The van der Waals surface area contributed by atoms with Gasteiger partial charge in [-0.1, -0.05) is 0 Å². The molecule has 2 aromatic rings. The van der Waals surface area contributed by atoms with Gasteiger partial charge in [0, 0.05) is 18.2 Å². The molecule has 0 aromatic heterocycles. The number of halogens is 5. The molecule has 0 N–H and O–H groups in total. The molecule has 0 unspecified atom stereocenters. The number of esters is 1. The van der Waals surface area contributed by atoms with E-state index < -0.39 is 24.3 Å². The lowest BCUT2D eigenvalue weighted by Gasteiger charge is -2.26. The van der Waals surface area contributed by atoms with E-state index in [-0.39, 0.29) is 24.5 Å². The highest BCUT2D eigenvalue weighted by molar-refractivity contribution is 5.89. The molecule has 3 rings (SSSR count). The van der Waals surface area contributed by atoms with E-state index in [2.05, 4.69) is 9.47 Å². The Morgan fingerprint density at radius 1 is 1.09 bits per heavy atom. The molecule has 0 saturated carbocycles. The zero-order valence-electron chi connectivity index (χ0n) is 17.1. The maximum absolute atomic E-state index is 12.7. The predicted octanol–water partition coefficient (Wildman–Crippen LogP) is 5.15. The maximum atomic E-state index is 12.7. The number of carbonyl (C=O) groups excluding carboxylic acids is 1. The molecule has 0 amide bonds. The van der Waals surface area contributed by atoms with Crippen molar-refractivity contribution in [2.75, 3.05) is 25.2 Å². The second-order valence-corrected chi connectivity index (χ2v) is 7.26. The van der Waals surface area contributed by atoms with E-state index in [1.807, 2.05) is 4.90 Å². The molecule has 0 aliphatic carbocycles. The molecule has 174 valence electrons. The SMILES string of the molecule is COC(=O)c1ccc(N2C[C@@H](Oc3ccc(C(F)(F)F)cc3)C[C@H]2CCOC(F)F)cc1. The van der Waals surface area contributed by atoms with Gasteiger partial charge in [0.2, 0.25) is 0 Å². The van der Waals surface area contributed by atoms with Crippen molar-refractivity contribution < 1.29 is 41.0 Å². The molecule has 1 aliphatic rings. The average Bonchev–Trinajstić information content (AvgIpc) is 3.15. The zero-order valence-corrected chi connectivity index (χ0v) is 17.1. The summed E-state index contributed by atoms with van der Waals surface area (Å²) in [4.78, 5) is 13.6. The number of benzene rings is 2. The lowest BCUT2D eigenvalue weighted by molar-refractivity contribution is -0.137. The summed E-state index contributed by atoms with van der Waals surface area (Å²) in [6.07, 6.45) is -4.04. The molecule has 1 aliphatic heterocycles. The van der Waals surface area contributed by atoms with Crippen molar-refractivity contribution in [3.8, 4) is 5.75 Å². The number of anilines is 1. The predicted molar refractivity (Wildman–Crippen MR) is 106 cm³/mol. The standard InChI is InChI=1S/C22H22F5NO4/c1-30-20(29)14-2-6-16(7-3-14)28-13-19(12-17(28)10-11-31-21(23)24)32-18-8-4-15(5-9-18)22(25,26)27/h2-9,17,19,21H,10-13H2,1H3/t17-,19+/m1/s1. The smallest absolute Gasteiger partial charge is 0.416 e. The monoisotopic (exact) mass is 459 g/mol. The number of nitrogens with zero attached hydrogens (tertiary/aromatic N) is 1. The van der Waals surface area contributed by atoms with Crippen molar-refractivity contribution in [2.45, 2.75) is 37.8 Å². The average molecular weight is 459 g/mol. The molecule has 1 saturated heterocycles. The van der Waals surface area contributed by atoms with E-state index in [0.717, 1.165) is 17.8 Å². The molecule has 5 nitrogen and oxygen atoms in total. The van der Waals surface area contributed by atoms with Gasteiger partial charge in [-0.3, -0.25) is 0 Å². The van der Waals surface area contributed by atoms with Gasteiger partial charge >= 0.3 is 18.8 Å². The van der Waals surface area contributed by atoms with Gasteiger partial charge < -0.3 is 19.1 Å². The molecule has 2 atom stereocenters. The molecule has 2 aromatic carbocycles. The van der Waals surface area contributed by atoms with Crippen LogP contribution in [0.2, 0.25) is 0 Å². The first-order valence-corrected chi connectivity index (χ1v) is 9.86. The highest BCUT2D eigenvalue weighted by Crippen LogP contribution is 2.33. The first-order valence-electron chi connectivity index (χ1n) is 9.86. The second kappa shape index (κ2) is 10.2. The van der Waals surface area contributed by atoms with Gasteiger partial charge in [0.25, 0.3) is 0 Å². The van der Waals surface area contributed by atoms with Crippen molar-refractivity contribution in [3.63, 3.8) is 0 Å². The van der Waals surface area contributed by atoms with Gasteiger partial charge in [0.05, 0.1) is 31.4 Å². The van der Waals surface area contributed by atoms with Crippen LogP contribution in [0.5, 0.6) is 5.75 Å². The Kier molecular flexibility index (Phi) is 7.55. The van der Waals surface area contributed by atoms with E-state index in [1.165, 1.54) is 19.2 Å². The Labute approximate surface area is 181 Å². The Hall–Kier alpha value is -2.88. The van der Waals surface area contributed by atoms with Crippen LogP contribution >= 0.6 is 0 Å². The fourth-order valence-electron chi connectivity index (χ4n) is 3.66. The lowest BCUT2D eigenvalue weighted by Crippen LogP contribution is -2.31. The van der Waals surface area contributed by atoms with Crippen LogP contribution in [0.15, 0.2) is 48.5 Å². The van der Waals surface area contributed by atoms with Gasteiger partial charge in [-0.25, -0.2) is 4.79 Å². The maximum Gasteiger partial charge on any atom is 0.416 e. The van der Waals surface area contributed by atoms with Crippen molar-refractivity contribution in [1.29, 1.82) is 0 Å². The van der Waals surface area contributed by atoms with Gasteiger partial charge in [-0.15, -0.1) is 0 Å². The third kappa shape index (κ3) is 6.09. The number of hydrogen-bond acceptors (Lipinski definition) is 5. The van der Waals surface area contributed by atoms with Crippen LogP contribution in [0.25, 0.3) is 0 Å². The minimum atomic E-state index is -4.44. The quantitative estimate of drug-likeness (QED) is 0.404. The van der Waals surface area contributed by atoms with E-state index in [1.54, 1.807) is 24.3 Å². The Bertz CT molecular complexity index is 887. The molecule has 0 radical (unpaired) electrons. The number of carbonyl (C=O) groups is 1. The van der Waals surface area contributed by atoms with Crippen molar-refractivity contribution in [1.82, 2.24) is 0 Å². The normalized spacial score (nSPS) is 18.8. The Morgan fingerprint density at radius 2 is 1.75 bits per heavy atom. The highest BCUT2D eigenvalue weighted by atomic mass is 19.4. The fraction of sp³-hybridized carbons (Fsp3) is 0.409. The van der Waals surface area contributed by atoms with Crippen molar-refractivity contribution in [3.05, 3.63) is 59.7 Å². The summed E-state index contributed by atoms with van der Waals surface area (Å²) >= 11 is 0. The van der Waals surface area contributed by atoms with Crippen LogP contribution in [0.3, 0.4) is 0 Å². The summed E-state index contributed by atoms with van der Waals surface area (Å²) in [7, 11) is 1.28. The number of alkyl halides is 5. The molecule has 1 heterocycles. The molecule has 0 spiro atoms. The minimum Gasteiger partial charge on any atom is -0.489 e. The molecule has 10 heteroatoms. The van der Waals surface area contributed by atoms with Gasteiger partial charge in [0.15, 0.2) is 0 Å². The van der Waals surface area contributed by atoms with Crippen LogP contribution in [0, 0.1) is 0 Å². The zero-order chi connectivity index (χ0) is 23.3. The first kappa shape index (κ1) is 23.8. The van der Waals surface area contributed by atoms with Crippen LogP contribution in [-0.2, 0) is 15.7 Å². The molecular weight excluding hydrogens is 437 g/mol. The molecular formula is C22H22F5NO4. The highest BCUT2D eigenvalue weighted by Gasteiger charge is 2.34. The summed E-state index contributed by atoms with van der Waals surface area (Å²) in [5, 5.41) is 0. The molecule has 32 heavy (non-hydrogen) atoms. The van der Waals surface area contributed by atoms with Gasteiger partial charge in [-0.2, -0.15) is 22.0 Å². The van der Waals surface area contributed by atoms with E-state index >= 15 is 0 Å². The fourth-order valence-corrected chi connectivity index (χ4v) is 3.66. The largest absolute Gasteiger partial charge is 0.489 e. The third-order valence-electron chi connectivity index (χ3n) is 5.18. The van der Waals surface area contributed by atoms with Crippen LogP contribution in [0.4, 0.5) is 27.6 Å². The summed E-state index contributed by atoms with van der Waals surface area (Å²) in [6, 6.07) is 10.8. The molecule has 1 fully saturated rings. The summed E-state index contributed by atoms with van der Waals surface area (Å²) < 4.78 is 77.9. The van der Waals surface area contributed by atoms with Crippen LogP contribution in [-0.4, -0.2) is 45.0 Å². The minimum absolute atomic E-state index is 0.161. The summed E-state index contributed by atoms with van der Waals surface area (Å²) in [5.41, 5.74) is 0.342. The number of rotatable bonds is 8. The molecule has 0 bridgehead atoms. The van der Waals surface area contributed by atoms with Gasteiger partial charge in [0.1, 0.15) is 11.9 Å². The van der Waals surface area contributed by atoms with Crippen LogP contribution < -0.4 is 9.64 Å². The summed E-state index contributed by atoms with van der Waals surface area (Å²) in [6.45, 7) is -2.65. The second-order valence-electron chi connectivity index (χ2n) is 7.26. The van der Waals surface area contributed by atoms with Gasteiger partial charge in [-0.05, 0) is 55.0 Å². The number of ether oxygens (including phenoxy) is 3. The number of hydrogen-bond donors (Lipinski definition) is 0. The van der Waals surface area contributed by atoms with E-state index in [4.69, 9.17) is 4.74 Å². The third-order valence-corrected chi connectivity index (χ3v) is 5.18. The van der Waals surface area contributed by atoms with Crippen molar-refractivity contribution in [2.24, 2.45) is 0 Å². The van der Waals surface area contributed by atoms with Crippen LogP contribution in [0.1, 0.15) is 28.8 Å². The van der Waals surface area contributed by atoms with E-state index in [9.17, 15) is 26.7 Å². The topological polar surface area (TPSA) is 48.0 Å². The number of methoxy groups -OCH3 is 1. The van der Waals surface area contributed by atoms with E-state index in [0.29, 0.717) is 24.9 Å². The first-order chi connectivity index (χ1) is 15.2. The summed E-state index contributed by atoms with van der Waals surface area (Å²) in [5.74, 6) is -0.197. The Balaban J connectivity index is 1.72. The Morgan fingerprint density at radius 3 is 2.31 bits per heavy atom.